The molecule has 16 heavy (non-hydrogen) atoms. The average molecular weight is 228 g/mol. The quantitative estimate of drug-likeness (QED) is 0.497. The maximum Gasteiger partial charge on any atom is 0.397 e. The molecule has 0 bridgehead atoms. The van der Waals surface area contributed by atoms with E-state index in [-0.39, 0.29) is 6.61 Å². The van der Waals surface area contributed by atoms with Gasteiger partial charge in [-0.3, -0.25) is 9.69 Å². The Labute approximate surface area is 96.3 Å². The monoisotopic (exact) mass is 228 g/mol. The van der Waals surface area contributed by atoms with Crippen LogP contribution in [0.25, 0.3) is 0 Å². The highest BCUT2D eigenvalue weighted by molar-refractivity contribution is 6.32. The summed E-state index contributed by atoms with van der Waals surface area (Å²) < 4.78 is 4.71. The average Bonchev–Trinajstić information content (AvgIpc) is 2.29. The van der Waals surface area contributed by atoms with Gasteiger partial charge < -0.3 is 9.64 Å². The lowest BCUT2D eigenvalue weighted by Crippen LogP contribution is -2.54. The summed E-state index contributed by atoms with van der Waals surface area (Å²) in [5, 5.41) is 0. The molecule has 5 nitrogen and oxygen atoms in total. The second-order valence-corrected chi connectivity index (χ2v) is 4.01. The summed E-state index contributed by atoms with van der Waals surface area (Å²) in [7, 11) is 2.04. The van der Waals surface area contributed by atoms with Crippen molar-refractivity contribution >= 4 is 11.9 Å². The third kappa shape index (κ3) is 2.95. The molecule has 1 aliphatic heterocycles. The van der Waals surface area contributed by atoms with Crippen LogP contribution in [-0.2, 0) is 14.3 Å². The lowest BCUT2D eigenvalue weighted by molar-refractivity contribution is -0.161. The van der Waals surface area contributed by atoms with Crippen LogP contribution in [-0.4, -0.2) is 61.0 Å². The van der Waals surface area contributed by atoms with E-state index in [2.05, 4.69) is 11.8 Å². The van der Waals surface area contributed by atoms with Crippen LogP contribution < -0.4 is 0 Å². The molecule has 1 amide bonds. The van der Waals surface area contributed by atoms with Gasteiger partial charge in [-0.15, -0.1) is 0 Å². The highest BCUT2D eigenvalue weighted by Crippen LogP contribution is 2.11. The Kier molecular flexibility index (Phi) is 4.73. The van der Waals surface area contributed by atoms with Crippen LogP contribution in [0.2, 0.25) is 0 Å². The lowest BCUT2D eigenvalue weighted by Gasteiger charge is -2.38. The molecule has 0 N–H and O–H groups in total. The molecule has 1 fully saturated rings. The van der Waals surface area contributed by atoms with Crippen molar-refractivity contribution in [2.75, 3.05) is 33.3 Å². The van der Waals surface area contributed by atoms with Crippen molar-refractivity contribution in [2.24, 2.45) is 0 Å². The van der Waals surface area contributed by atoms with E-state index in [1.165, 1.54) is 0 Å². The number of likely N-dealkylation sites (N-methyl/N-ethyl adjacent to an activating group) is 1. The number of carbonyl (C=O) groups is 2. The zero-order valence-electron chi connectivity index (χ0n) is 10.2. The summed E-state index contributed by atoms with van der Waals surface area (Å²) in [6, 6.07) is 0.340. The van der Waals surface area contributed by atoms with Crippen molar-refractivity contribution < 1.29 is 14.3 Å². The van der Waals surface area contributed by atoms with E-state index in [0.29, 0.717) is 19.1 Å². The van der Waals surface area contributed by atoms with E-state index in [9.17, 15) is 9.59 Å². The fourth-order valence-electron chi connectivity index (χ4n) is 1.89. The minimum Gasteiger partial charge on any atom is -0.459 e. The fraction of sp³-hybridized carbons (Fsp3) is 0.818. The molecule has 0 aromatic carbocycles. The molecule has 5 heteroatoms. The largest absolute Gasteiger partial charge is 0.459 e. The van der Waals surface area contributed by atoms with Crippen molar-refractivity contribution in [2.45, 2.75) is 26.3 Å². The minimum atomic E-state index is -0.734. The minimum absolute atomic E-state index is 0.246. The van der Waals surface area contributed by atoms with Crippen LogP contribution in [0.1, 0.15) is 20.3 Å². The molecule has 1 saturated heterocycles. The molecule has 0 spiro atoms. The smallest absolute Gasteiger partial charge is 0.397 e. The van der Waals surface area contributed by atoms with Gasteiger partial charge in [0.05, 0.1) is 6.61 Å². The van der Waals surface area contributed by atoms with Crippen LogP contribution in [0.4, 0.5) is 0 Å². The Balaban J connectivity index is 2.54. The van der Waals surface area contributed by atoms with Gasteiger partial charge in [-0.1, -0.05) is 6.92 Å². The zero-order chi connectivity index (χ0) is 12.1. The summed E-state index contributed by atoms with van der Waals surface area (Å²) in [6.45, 7) is 6.05. The van der Waals surface area contributed by atoms with E-state index in [1.54, 1.807) is 11.8 Å². The number of hydrogen-bond acceptors (Lipinski definition) is 4. The maximum atomic E-state index is 11.7. The number of piperazine rings is 1. The van der Waals surface area contributed by atoms with Crippen molar-refractivity contribution in [3.63, 3.8) is 0 Å². The van der Waals surface area contributed by atoms with Crippen LogP contribution in [0, 0.1) is 0 Å². The summed E-state index contributed by atoms with van der Waals surface area (Å²) >= 11 is 0. The van der Waals surface area contributed by atoms with E-state index < -0.39 is 11.9 Å². The molecule has 0 saturated carbocycles. The van der Waals surface area contributed by atoms with Gasteiger partial charge in [0.25, 0.3) is 0 Å². The molecular formula is C11H20N2O3. The van der Waals surface area contributed by atoms with E-state index in [1.807, 2.05) is 7.05 Å². The Hall–Kier alpha value is -1.10. The number of nitrogens with zero attached hydrogens (tertiary/aromatic N) is 2. The van der Waals surface area contributed by atoms with Crippen molar-refractivity contribution in [3.05, 3.63) is 0 Å². The van der Waals surface area contributed by atoms with E-state index in [4.69, 9.17) is 4.74 Å². The van der Waals surface area contributed by atoms with Gasteiger partial charge in [-0.05, 0) is 20.4 Å². The maximum absolute atomic E-state index is 11.7. The molecule has 1 atom stereocenters. The van der Waals surface area contributed by atoms with Crippen LogP contribution in [0.5, 0.6) is 0 Å². The number of hydrogen-bond donors (Lipinski definition) is 0. The van der Waals surface area contributed by atoms with Crippen LogP contribution in [0.15, 0.2) is 0 Å². The van der Waals surface area contributed by atoms with Gasteiger partial charge >= 0.3 is 11.9 Å². The number of rotatable bonds is 2. The number of carbonyl (C=O) groups excluding carboxylic acids is 2. The molecule has 1 heterocycles. The molecule has 0 aromatic rings. The van der Waals surface area contributed by atoms with Crippen molar-refractivity contribution in [1.29, 1.82) is 0 Å². The predicted molar refractivity (Wildman–Crippen MR) is 59.9 cm³/mol. The van der Waals surface area contributed by atoms with Gasteiger partial charge in [-0.25, -0.2) is 4.79 Å². The van der Waals surface area contributed by atoms with Crippen molar-refractivity contribution in [3.8, 4) is 0 Å². The number of esters is 1. The SMILES string of the molecule is CCOC(=O)C(=O)N1CCN(C)C(CC)C1. The van der Waals surface area contributed by atoms with Crippen LogP contribution >= 0.6 is 0 Å². The van der Waals surface area contributed by atoms with Crippen molar-refractivity contribution in [1.82, 2.24) is 9.80 Å². The summed E-state index contributed by atoms with van der Waals surface area (Å²) in [6.07, 6.45) is 0.975. The first kappa shape index (κ1) is 13.0. The Morgan fingerprint density at radius 3 is 2.56 bits per heavy atom. The van der Waals surface area contributed by atoms with Crippen LogP contribution in [0.3, 0.4) is 0 Å². The van der Waals surface area contributed by atoms with Gasteiger partial charge in [0, 0.05) is 25.7 Å². The van der Waals surface area contributed by atoms with Gasteiger partial charge in [0.1, 0.15) is 0 Å². The lowest BCUT2D eigenvalue weighted by atomic mass is 10.1. The number of amides is 1. The molecule has 0 aromatic heterocycles. The summed E-state index contributed by atoms with van der Waals surface area (Å²) in [5.41, 5.74) is 0. The standard InChI is InChI=1S/C11H20N2O3/c1-4-9-8-13(7-6-12(9)3)10(14)11(15)16-5-2/h9H,4-8H2,1-3H3. The molecule has 0 aliphatic carbocycles. The Bertz CT molecular complexity index is 268. The highest BCUT2D eigenvalue weighted by atomic mass is 16.5. The van der Waals surface area contributed by atoms with E-state index >= 15 is 0 Å². The van der Waals surface area contributed by atoms with Gasteiger partial charge in [-0.2, -0.15) is 0 Å². The Morgan fingerprint density at radius 1 is 1.31 bits per heavy atom. The first-order valence-electron chi connectivity index (χ1n) is 5.76. The Morgan fingerprint density at radius 2 is 2.00 bits per heavy atom. The number of ether oxygens (including phenoxy) is 1. The zero-order valence-corrected chi connectivity index (χ0v) is 10.2. The molecule has 1 aliphatic rings. The first-order chi connectivity index (χ1) is 7.60. The molecule has 1 unspecified atom stereocenters. The summed E-state index contributed by atoms with van der Waals surface area (Å²) in [4.78, 5) is 26.8. The predicted octanol–water partition coefficient (Wildman–Crippen LogP) is 0.102. The van der Waals surface area contributed by atoms with E-state index in [0.717, 1.165) is 13.0 Å². The fourth-order valence-corrected chi connectivity index (χ4v) is 1.89. The van der Waals surface area contributed by atoms with Gasteiger partial charge in [0.15, 0.2) is 0 Å². The second kappa shape index (κ2) is 5.84. The third-order valence-corrected chi connectivity index (χ3v) is 2.99. The second-order valence-electron chi connectivity index (χ2n) is 4.01. The molecule has 0 radical (unpaired) electrons. The molecule has 92 valence electrons. The molecular weight excluding hydrogens is 208 g/mol. The highest BCUT2D eigenvalue weighted by Gasteiger charge is 2.30. The third-order valence-electron chi connectivity index (χ3n) is 2.99. The normalized spacial score (nSPS) is 21.9. The summed E-state index contributed by atoms with van der Waals surface area (Å²) in [5.74, 6) is -1.24. The van der Waals surface area contributed by atoms with Gasteiger partial charge in [0.2, 0.25) is 0 Å². The topological polar surface area (TPSA) is 49.9 Å². The first-order valence-corrected chi connectivity index (χ1v) is 5.76. The molecule has 1 rings (SSSR count).